The van der Waals surface area contributed by atoms with Crippen LogP contribution in [0.5, 0.6) is 0 Å². The van der Waals surface area contributed by atoms with Crippen molar-refractivity contribution in [1.82, 2.24) is 15.1 Å². The number of carbonyl (C=O) groups excluding carboxylic acids is 3. The van der Waals surface area contributed by atoms with Crippen molar-refractivity contribution >= 4 is 27.7 Å². The number of carbonyl (C=O) groups is 3. The highest BCUT2D eigenvalue weighted by Crippen LogP contribution is 2.20. The lowest BCUT2D eigenvalue weighted by molar-refractivity contribution is -0.163. The van der Waals surface area contributed by atoms with Crippen LogP contribution in [0.1, 0.15) is 35.9 Å². The molecule has 0 saturated carbocycles. The summed E-state index contributed by atoms with van der Waals surface area (Å²) >= 11 is 0. The molecule has 0 bridgehead atoms. The number of aromatic nitrogens is 2. The Kier molecular flexibility index (Phi) is 8.02. The van der Waals surface area contributed by atoms with Gasteiger partial charge in [0.15, 0.2) is 15.6 Å². The first kappa shape index (κ1) is 25.6. The van der Waals surface area contributed by atoms with Crippen LogP contribution < -0.4 is 5.32 Å². The SMILES string of the molecule is CC(=O)OCOC(=O)CS(=O)(=O)c1ccc(C(C)NC(=O)c2cc(-c3ccccc3)nn2C)cc1. The van der Waals surface area contributed by atoms with Crippen LogP contribution in [0.3, 0.4) is 0 Å². The molecule has 1 aromatic heterocycles. The molecule has 3 aromatic rings. The molecule has 1 atom stereocenters. The number of hydrogen-bond donors (Lipinski definition) is 1. The van der Waals surface area contributed by atoms with Crippen LogP contribution in [0.25, 0.3) is 11.3 Å². The zero-order valence-electron chi connectivity index (χ0n) is 19.4. The molecule has 0 saturated heterocycles. The summed E-state index contributed by atoms with van der Waals surface area (Å²) < 4.78 is 35.4. The maximum absolute atomic E-state index is 12.8. The van der Waals surface area contributed by atoms with E-state index in [1.165, 1.54) is 16.8 Å². The summed E-state index contributed by atoms with van der Waals surface area (Å²) in [6.45, 7) is 2.25. The molecule has 0 aliphatic carbocycles. The van der Waals surface area contributed by atoms with Gasteiger partial charge in [-0.2, -0.15) is 5.10 Å². The molecule has 0 spiro atoms. The number of nitrogens with zero attached hydrogens (tertiary/aromatic N) is 2. The number of nitrogens with one attached hydrogen (secondary N) is 1. The lowest BCUT2D eigenvalue weighted by Crippen LogP contribution is -2.28. The van der Waals surface area contributed by atoms with Crippen molar-refractivity contribution in [3.8, 4) is 11.3 Å². The van der Waals surface area contributed by atoms with Crippen molar-refractivity contribution < 1.29 is 32.3 Å². The highest BCUT2D eigenvalue weighted by molar-refractivity contribution is 7.92. The van der Waals surface area contributed by atoms with Gasteiger partial charge in [-0.1, -0.05) is 42.5 Å². The van der Waals surface area contributed by atoms with Gasteiger partial charge >= 0.3 is 11.9 Å². The molecule has 0 aliphatic heterocycles. The second kappa shape index (κ2) is 11.0. The molecule has 11 heteroatoms. The van der Waals surface area contributed by atoms with Gasteiger partial charge in [-0.3, -0.25) is 19.1 Å². The number of sulfone groups is 1. The first-order valence-electron chi connectivity index (χ1n) is 10.6. The second-order valence-corrected chi connectivity index (χ2v) is 9.69. The zero-order valence-corrected chi connectivity index (χ0v) is 20.2. The molecule has 184 valence electrons. The van der Waals surface area contributed by atoms with Crippen molar-refractivity contribution in [2.75, 3.05) is 12.5 Å². The molecular formula is C24H25N3O7S. The number of ether oxygens (including phenoxy) is 2. The van der Waals surface area contributed by atoms with E-state index in [1.807, 2.05) is 30.3 Å². The third-order valence-corrected chi connectivity index (χ3v) is 6.66. The minimum Gasteiger partial charge on any atom is -0.428 e. The second-order valence-electron chi connectivity index (χ2n) is 7.70. The summed E-state index contributed by atoms with van der Waals surface area (Å²) in [6, 6.07) is 16.6. The topological polar surface area (TPSA) is 134 Å². The van der Waals surface area contributed by atoms with Gasteiger partial charge in [0.1, 0.15) is 5.69 Å². The molecule has 35 heavy (non-hydrogen) atoms. The molecule has 0 aliphatic rings. The summed E-state index contributed by atoms with van der Waals surface area (Å²) in [5.41, 5.74) is 2.61. The Balaban J connectivity index is 1.63. The van der Waals surface area contributed by atoms with Crippen molar-refractivity contribution in [3.05, 3.63) is 71.9 Å². The van der Waals surface area contributed by atoms with Gasteiger partial charge in [0.25, 0.3) is 5.91 Å². The van der Waals surface area contributed by atoms with Crippen molar-refractivity contribution in [2.45, 2.75) is 24.8 Å². The maximum Gasteiger partial charge on any atom is 0.324 e. The van der Waals surface area contributed by atoms with E-state index in [0.29, 0.717) is 17.0 Å². The molecule has 1 amide bonds. The number of esters is 2. The molecule has 10 nitrogen and oxygen atoms in total. The molecule has 0 fully saturated rings. The van der Waals surface area contributed by atoms with Gasteiger partial charge in [0, 0.05) is 19.5 Å². The fraction of sp³-hybridized carbons (Fsp3) is 0.250. The Bertz CT molecular complexity index is 1320. The van der Waals surface area contributed by atoms with E-state index < -0.39 is 40.4 Å². The van der Waals surface area contributed by atoms with Crippen molar-refractivity contribution in [3.63, 3.8) is 0 Å². The van der Waals surface area contributed by atoms with Crippen molar-refractivity contribution in [1.29, 1.82) is 0 Å². The third kappa shape index (κ3) is 6.76. The number of rotatable bonds is 9. The van der Waals surface area contributed by atoms with Gasteiger partial charge in [0.2, 0.25) is 6.79 Å². The molecule has 1 unspecified atom stereocenters. The van der Waals surface area contributed by atoms with Crippen LogP contribution in [-0.2, 0) is 35.9 Å². The fourth-order valence-electron chi connectivity index (χ4n) is 3.21. The molecule has 3 rings (SSSR count). The van der Waals surface area contributed by atoms with Crippen LogP contribution in [0.4, 0.5) is 0 Å². The van der Waals surface area contributed by atoms with Crippen LogP contribution in [0.15, 0.2) is 65.6 Å². The van der Waals surface area contributed by atoms with Gasteiger partial charge < -0.3 is 14.8 Å². The van der Waals surface area contributed by atoms with Gasteiger partial charge in [0.05, 0.1) is 16.6 Å². The predicted octanol–water partition coefficient (Wildman–Crippen LogP) is 2.42. The Morgan fingerprint density at radius 2 is 1.69 bits per heavy atom. The van der Waals surface area contributed by atoms with E-state index in [1.54, 1.807) is 32.2 Å². The number of aryl methyl sites for hydroxylation is 1. The minimum atomic E-state index is -3.96. The minimum absolute atomic E-state index is 0.0802. The summed E-state index contributed by atoms with van der Waals surface area (Å²) in [4.78, 5) is 35.1. The molecule has 1 N–H and O–H groups in total. The summed E-state index contributed by atoms with van der Waals surface area (Å²) in [7, 11) is -2.28. The monoisotopic (exact) mass is 499 g/mol. The summed E-state index contributed by atoms with van der Waals surface area (Å²) in [5.74, 6) is -2.93. The molecular weight excluding hydrogens is 474 g/mol. The lowest BCUT2D eigenvalue weighted by Gasteiger charge is -2.15. The maximum atomic E-state index is 12.8. The Morgan fingerprint density at radius 1 is 1.03 bits per heavy atom. The van der Waals surface area contributed by atoms with E-state index in [4.69, 9.17) is 0 Å². The van der Waals surface area contributed by atoms with E-state index in [-0.39, 0.29) is 10.8 Å². The van der Waals surface area contributed by atoms with Crippen LogP contribution >= 0.6 is 0 Å². The zero-order chi connectivity index (χ0) is 25.6. The average Bonchev–Trinajstić information content (AvgIpc) is 3.21. The quantitative estimate of drug-likeness (QED) is 0.350. The summed E-state index contributed by atoms with van der Waals surface area (Å²) in [5, 5.41) is 7.27. The number of hydrogen-bond acceptors (Lipinski definition) is 8. The molecule has 2 aromatic carbocycles. The predicted molar refractivity (Wildman–Crippen MR) is 126 cm³/mol. The van der Waals surface area contributed by atoms with E-state index in [0.717, 1.165) is 12.5 Å². The number of benzene rings is 2. The van der Waals surface area contributed by atoms with E-state index in [2.05, 4.69) is 19.9 Å². The van der Waals surface area contributed by atoms with Gasteiger partial charge in [-0.15, -0.1) is 0 Å². The normalized spacial score (nSPS) is 12.0. The Hall–Kier alpha value is -3.99. The standard InChI is InChI=1S/C24H25N3O7S/c1-16(25-24(30)22-13-21(26-27(22)3)19-7-5-4-6-8-19)18-9-11-20(12-10-18)35(31,32)14-23(29)34-15-33-17(2)28/h4-13,16H,14-15H2,1-3H3,(H,25,30). The van der Waals surface area contributed by atoms with Crippen molar-refractivity contribution in [2.24, 2.45) is 7.05 Å². The highest BCUT2D eigenvalue weighted by Gasteiger charge is 2.22. The summed E-state index contributed by atoms with van der Waals surface area (Å²) in [6.07, 6.45) is 0. The fourth-order valence-corrected chi connectivity index (χ4v) is 4.32. The third-order valence-electron chi connectivity index (χ3n) is 5.06. The Labute approximate surface area is 202 Å². The lowest BCUT2D eigenvalue weighted by atomic mass is 10.1. The first-order valence-corrected chi connectivity index (χ1v) is 12.2. The van der Waals surface area contributed by atoms with Gasteiger partial charge in [-0.05, 0) is 30.7 Å². The van der Waals surface area contributed by atoms with Crippen LogP contribution in [0.2, 0.25) is 0 Å². The van der Waals surface area contributed by atoms with Gasteiger partial charge in [-0.25, -0.2) is 8.42 Å². The van der Waals surface area contributed by atoms with Crippen LogP contribution in [0, 0.1) is 0 Å². The Morgan fingerprint density at radius 3 is 2.31 bits per heavy atom. The molecule has 0 radical (unpaired) electrons. The van der Waals surface area contributed by atoms with Crippen LogP contribution in [-0.4, -0.2) is 48.6 Å². The highest BCUT2D eigenvalue weighted by atomic mass is 32.2. The smallest absolute Gasteiger partial charge is 0.324 e. The van der Waals surface area contributed by atoms with E-state index in [9.17, 15) is 22.8 Å². The molecule has 1 heterocycles. The average molecular weight is 500 g/mol. The first-order chi connectivity index (χ1) is 16.6. The largest absolute Gasteiger partial charge is 0.428 e. The number of amides is 1. The van der Waals surface area contributed by atoms with E-state index >= 15 is 0 Å².